The lowest BCUT2D eigenvalue weighted by molar-refractivity contribution is 0.104. The van der Waals surface area contributed by atoms with Gasteiger partial charge >= 0.3 is 7.12 Å². The first kappa shape index (κ1) is 14.5. The second kappa shape index (κ2) is 6.13. The fourth-order valence-electron chi connectivity index (χ4n) is 2.22. The average molecular weight is 390 g/mol. The third kappa shape index (κ3) is 3.25. The molecule has 1 aliphatic rings. The Balaban J connectivity index is 1.78. The number of benzene rings is 2. The van der Waals surface area contributed by atoms with E-state index in [1.165, 1.54) is 0 Å². The van der Waals surface area contributed by atoms with Crippen LogP contribution in [0.15, 0.2) is 48.5 Å². The first-order valence-corrected chi connectivity index (χ1v) is 7.62. The van der Waals surface area contributed by atoms with Crippen molar-refractivity contribution in [1.82, 2.24) is 0 Å². The van der Waals surface area contributed by atoms with Crippen molar-refractivity contribution in [2.45, 2.75) is 6.61 Å². The Hall–Kier alpha value is -1.44. The van der Waals surface area contributed by atoms with E-state index in [-0.39, 0.29) is 5.78 Å². The smallest absolute Gasteiger partial charge is 0.423 e. The lowest BCUT2D eigenvalue weighted by Crippen LogP contribution is -2.28. The quantitative estimate of drug-likeness (QED) is 0.379. The molecule has 1 heterocycles. The van der Waals surface area contributed by atoms with Crippen LogP contribution in [0.25, 0.3) is 6.08 Å². The summed E-state index contributed by atoms with van der Waals surface area (Å²) in [6, 6.07) is 13.1. The van der Waals surface area contributed by atoms with Crippen LogP contribution in [0.4, 0.5) is 0 Å². The molecule has 0 radical (unpaired) electrons. The predicted molar refractivity (Wildman–Crippen MR) is 91.4 cm³/mol. The second-order valence-corrected chi connectivity index (χ2v) is 6.07. The largest absolute Gasteiger partial charge is 0.491 e. The van der Waals surface area contributed by atoms with E-state index in [9.17, 15) is 9.82 Å². The highest BCUT2D eigenvalue weighted by Gasteiger charge is 2.26. The lowest BCUT2D eigenvalue weighted by Gasteiger charge is -2.00. The van der Waals surface area contributed by atoms with Gasteiger partial charge in [-0.15, -0.1) is 0 Å². The molecule has 3 rings (SSSR count). The molecule has 0 amide bonds. The predicted octanol–water partition coefficient (Wildman–Crippen LogP) is 2.41. The monoisotopic (exact) mass is 390 g/mol. The molecule has 104 valence electrons. The molecule has 0 atom stereocenters. The summed E-state index contributed by atoms with van der Waals surface area (Å²) in [7, 11) is -0.861. The van der Waals surface area contributed by atoms with Gasteiger partial charge in [0.05, 0.1) is 6.61 Å². The van der Waals surface area contributed by atoms with Gasteiger partial charge < -0.3 is 9.68 Å². The standard InChI is InChI=1S/C16H12BIO3/c18-14-6-4-12(5-7-14)16(19)8-2-11-1-3-13-10-21-17(20)15(13)9-11/h1-9,20H,10H2/b8-2+. The van der Waals surface area contributed by atoms with E-state index in [2.05, 4.69) is 22.6 Å². The Morgan fingerprint density at radius 1 is 1.24 bits per heavy atom. The first-order valence-electron chi connectivity index (χ1n) is 6.54. The van der Waals surface area contributed by atoms with Crippen LogP contribution < -0.4 is 5.46 Å². The number of allylic oxidation sites excluding steroid dienone is 1. The van der Waals surface area contributed by atoms with Crippen LogP contribution in [-0.4, -0.2) is 17.9 Å². The van der Waals surface area contributed by atoms with Crippen LogP contribution in [0.1, 0.15) is 21.5 Å². The molecule has 2 aromatic rings. The van der Waals surface area contributed by atoms with Crippen LogP contribution >= 0.6 is 22.6 Å². The van der Waals surface area contributed by atoms with Gasteiger partial charge in [-0.25, -0.2) is 0 Å². The van der Waals surface area contributed by atoms with E-state index in [0.29, 0.717) is 12.2 Å². The highest BCUT2D eigenvalue weighted by atomic mass is 127. The van der Waals surface area contributed by atoms with Gasteiger partial charge in [0.2, 0.25) is 0 Å². The van der Waals surface area contributed by atoms with Gasteiger partial charge in [0.25, 0.3) is 0 Å². The molecule has 0 saturated carbocycles. The Morgan fingerprint density at radius 3 is 2.76 bits per heavy atom. The van der Waals surface area contributed by atoms with Crippen molar-refractivity contribution in [2.75, 3.05) is 0 Å². The van der Waals surface area contributed by atoms with Crippen molar-refractivity contribution in [3.63, 3.8) is 0 Å². The number of rotatable bonds is 3. The Kier molecular flexibility index (Phi) is 4.23. The Bertz CT molecular complexity index is 710. The highest BCUT2D eigenvalue weighted by molar-refractivity contribution is 14.1. The maximum absolute atomic E-state index is 12.1. The summed E-state index contributed by atoms with van der Waals surface area (Å²) in [5.74, 6) is -0.0382. The van der Waals surface area contributed by atoms with Crippen LogP contribution in [0.3, 0.4) is 0 Å². The molecule has 3 nitrogen and oxygen atoms in total. The summed E-state index contributed by atoms with van der Waals surface area (Å²) in [6.45, 7) is 0.433. The molecule has 5 heteroatoms. The van der Waals surface area contributed by atoms with Crippen molar-refractivity contribution in [3.8, 4) is 0 Å². The topological polar surface area (TPSA) is 46.5 Å². The zero-order chi connectivity index (χ0) is 14.8. The molecular formula is C16H12BIO3. The summed E-state index contributed by atoms with van der Waals surface area (Å²) in [5.41, 5.74) is 3.30. The first-order chi connectivity index (χ1) is 10.1. The fourth-order valence-corrected chi connectivity index (χ4v) is 2.58. The molecule has 1 aliphatic heterocycles. The van der Waals surface area contributed by atoms with E-state index < -0.39 is 7.12 Å². The minimum atomic E-state index is -0.861. The van der Waals surface area contributed by atoms with Gasteiger partial charge in [-0.2, -0.15) is 0 Å². The van der Waals surface area contributed by atoms with Gasteiger partial charge in [-0.05, 0) is 57.4 Å². The van der Waals surface area contributed by atoms with Crippen LogP contribution in [-0.2, 0) is 11.3 Å². The zero-order valence-corrected chi connectivity index (χ0v) is 13.3. The number of carbonyl (C=O) groups is 1. The van der Waals surface area contributed by atoms with Crippen LogP contribution in [0, 0.1) is 3.57 Å². The van der Waals surface area contributed by atoms with E-state index in [1.807, 2.05) is 42.5 Å². The van der Waals surface area contributed by atoms with E-state index in [1.54, 1.807) is 12.2 Å². The molecule has 0 saturated heterocycles. The average Bonchev–Trinajstić information content (AvgIpc) is 2.87. The number of fused-ring (bicyclic) bond motifs is 1. The van der Waals surface area contributed by atoms with Gasteiger partial charge in [0, 0.05) is 9.13 Å². The molecule has 2 aromatic carbocycles. The van der Waals surface area contributed by atoms with E-state index in [4.69, 9.17) is 4.65 Å². The summed E-state index contributed by atoms with van der Waals surface area (Å²) in [4.78, 5) is 12.1. The summed E-state index contributed by atoms with van der Waals surface area (Å²) < 4.78 is 6.25. The van der Waals surface area contributed by atoms with Crippen molar-refractivity contribution in [3.05, 3.63) is 68.8 Å². The third-order valence-electron chi connectivity index (χ3n) is 3.39. The molecule has 0 unspecified atom stereocenters. The van der Waals surface area contributed by atoms with E-state index in [0.717, 1.165) is 20.2 Å². The van der Waals surface area contributed by atoms with Gasteiger partial charge in [-0.3, -0.25) is 4.79 Å². The number of ketones is 1. The number of hydrogen-bond donors (Lipinski definition) is 1. The van der Waals surface area contributed by atoms with Gasteiger partial charge in [0.1, 0.15) is 0 Å². The molecule has 0 spiro atoms. The summed E-state index contributed by atoms with van der Waals surface area (Å²) in [6.07, 6.45) is 3.30. The molecule has 0 aromatic heterocycles. The maximum Gasteiger partial charge on any atom is 0.491 e. The lowest BCUT2D eigenvalue weighted by atomic mass is 9.79. The van der Waals surface area contributed by atoms with Crippen LogP contribution in [0.2, 0.25) is 0 Å². The van der Waals surface area contributed by atoms with Crippen LogP contribution in [0.5, 0.6) is 0 Å². The Morgan fingerprint density at radius 2 is 2.00 bits per heavy atom. The molecule has 21 heavy (non-hydrogen) atoms. The SMILES string of the molecule is O=C(/C=C/c1ccc2c(c1)B(O)OC2)c1ccc(I)cc1. The number of hydrogen-bond acceptors (Lipinski definition) is 3. The molecule has 0 aliphatic carbocycles. The summed E-state index contributed by atoms with van der Waals surface area (Å²) >= 11 is 2.20. The molecule has 1 N–H and O–H groups in total. The van der Waals surface area contributed by atoms with Gasteiger partial charge in [-0.1, -0.05) is 36.4 Å². The fraction of sp³-hybridized carbons (Fsp3) is 0.0625. The number of halogens is 1. The number of carbonyl (C=O) groups excluding carboxylic acids is 1. The van der Waals surface area contributed by atoms with Crippen molar-refractivity contribution in [2.24, 2.45) is 0 Å². The minimum Gasteiger partial charge on any atom is -0.423 e. The minimum absolute atomic E-state index is 0.0382. The second-order valence-electron chi connectivity index (χ2n) is 4.83. The molecule has 0 bridgehead atoms. The summed E-state index contributed by atoms with van der Waals surface area (Å²) in [5, 5.41) is 9.67. The highest BCUT2D eigenvalue weighted by Crippen LogP contribution is 2.13. The normalized spacial score (nSPS) is 13.7. The maximum atomic E-state index is 12.1. The van der Waals surface area contributed by atoms with Crippen molar-refractivity contribution in [1.29, 1.82) is 0 Å². The van der Waals surface area contributed by atoms with Crippen molar-refractivity contribution < 1.29 is 14.5 Å². The zero-order valence-electron chi connectivity index (χ0n) is 11.1. The molecule has 0 fully saturated rings. The molecular weight excluding hydrogens is 378 g/mol. The third-order valence-corrected chi connectivity index (χ3v) is 4.11. The van der Waals surface area contributed by atoms with E-state index >= 15 is 0 Å². The Labute approximate surface area is 136 Å². The van der Waals surface area contributed by atoms with Crippen molar-refractivity contribution >= 4 is 47.0 Å². The van der Waals surface area contributed by atoms with Gasteiger partial charge in [0.15, 0.2) is 5.78 Å².